The topological polar surface area (TPSA) is 102 Å². The number of aromatic nitrogens is 2. The molecular formula is C21H24F3N5O2S. The predicted octanol–water partition coefficient (Wildman–Crippen LogP) is 3.73. The molecule has 0 spiro atoms. The summed E-state index contributed by atoms with van der Waals surface area (Å²) in [5, 5.41) is 2.60. The number of alkyl halides is 2. The number of thiol groups is 1. The maximum Gasteiger partial charge on any atom is 0.281 e. The van der Waals surface area contributed by atoms with Crippen LogP contribution < -0.4 is 11.1 Å². The lowest BCUT2D eigenvalue weighted by molar-refractivity contribution is 0.0199. The van der Waals surface area contributed by atoms with Gasteiger partial charge in [0, 0.05) is 24.8 Å². The number of carbonyl (C=O) groups is 1. The molecular weight excluding hydrogens is 443 g/mol. The van der Waals surface area contributed by atoms with E-state index in [1.165, 1.54) is 18.2 Å². The van der Waals surface area contributed by atoms with Gasteiger partial charge >= 0.3 is 0 Å². The Balaban J connectivity index is 1.94. The Kier molecular flexibility index (Phi) is 7.73. The SMILES string of the molecule is CO[C@@H]1CC[C@@H](CS)[C@](/N=C/N)(c2cc(NC(=O)c3cnc(C(F)F)cn3)ccc2F)C1. The van der Waals surface area contributed by atoms with E-state index in [1.54, 1.807) is 7.11 Å². The number of nitrogens with two attached hydrogens (primary N) is 1. The van der Waals surface area contributed by atoms with Crippen molar-refractivity contribution < 1.29 is 22.7 Å². The Morgan fingerprint density at radius 3 is 2.78 bits per heavy atom. The number of aliphatic imine (C=N–C) groups is 1. The van der Waals surface area contributed by atoms with Gasteiger partial charge in [0.1, 0.15) is 17.2 Å². The molecule has 11 heteroatoms. The zero-order chi connectivity index (χ0) is 23.3. The van der Waals surface area contributed by atoms with Gasteiger partial charge in [0.05, 0.1) is 30.4 Å². The highest BCUT2D eigenvalue weighted by atomic mass is 32.1. The fraction of sp³-hybridized carbons (Fsp3) is 0.429. The first-order chi connectivity index (χ1) is 15.3. The first-order valence-corrected chi connectivity index (χ1v) is 10.6. The van der Waals surface area contributed by atoms with Crippen molar-refractivity contribution in [3.63, 3.8) is 0 Å². The molecule has 0 bridgehead atoms. The van der Waals surface area contributed by atoms with Gasteiger partial charge in [-0.2, -0.15) is 12.6 Å². The van der Waals surface area contributed by atoms with Crippen molar-refractivity contribution in [3.05, 3.63) is 53.4 Å². The summed E-state index contributed by atoms with van der Waals surface area (Å²) in [5.74, 6) is -0.824. The molecule has 0 unspecified atom stereocenters. The Morgan fingerprint density at radius 2 is 2.19 bits per heavy atom. The minimum absolute atomic E-state index is 0.106. The van der Waals surface area contributed by atoms with Gasteiger partial charge in [-0.15, -0.1) is 0 Å². The van der Waals surface area contributed by atoms with E-state index in [4.69, 9.17) is 10.5 Å². The van der Waals surface area contributed by atoms with Crippen LogP contribution in [0.2, 0.25) is 0 Å². The standard InChI is InChI=1S/C21H24F3N5O2S/c1-31-14-4-2-12(10-32)21(7-14,28-11-25)15-6-13(3-5-16(15)22)29-20(30)18-9-26-17(8-27-18)19(23)24/h3,5-6,8-9,11-12,14,19,32H,2,4,7,10H2,1H3,(H2,25,28)(H,29,30)/t12-,14+,21-/m0/s1. The summed E-state index contributed by atoms with van der Waals surface area (Å²) in [7, 11) is 1.59. The molecule has 1 aromatic heterocycles. The third kappa shape index (κ3) is 4.88. The Bertz CT molecular complexity index is 976. The molecule has 0 radical (unpaired) electrons. The maximum absolute atomic E-state index is 15.1. The van der Waals surface area contributed by atoms with E-state index in [9.17, 15) is 13.6 Å². The predicted molar refractivity (Wildman–Crippen MR) is 118 cm³/mol. The first kappa shape index (κ1) is 24.0. The normalized spacial score (nSPS) is 23.6. The lowest BCUT2D eigenvalue weighted by Gasteiger charge is -2.44. The van der Waals surface area contributed by atoms with Crippen molar-refractivity contribution in [1.29, 1.82) is 0 Å². The van der Waals surface area contributed by atoms with Crippen molar-refractivity contribution in [2.24, 2.45) is 16.6 Å². The van der Waals surface area contributed by atoms with Gasteiger partial charge < -0.3 is 15.8 Å². The summed E-state index contributed by atoms with van der Waals surface area (Å²) in [5.41, 5.74) is 4.49. The molecule has 1 fully saturated rings. The van der Waals surface area contributed by atoms with Gasteiger partial charge in [0.15, 0.2) is 0 Å². The second-order valence-electron chi connectivity index (χ2n) is 7.50. The summed E-state index contributed by atoms with van der Waals surface area (Å²) >= 11 is 4.45. The number of hydrogen-bond acceptors (Lipinski definition) is 6. The largest absolute Gasteiger partial charge is 0.390 e. The Morgan fingerprint density at radius 1 is 1.41 bits per heavy atom. The quantitative estimate of drug-likeness (QED) is 0.327. The zero-order valence-electron chi connectivity index (χ0n) is 17.3. The summed E-state index contributed by atoms with van der Waals surface area (Å²) in [4.78, 5) is 24.2. The van der Waals surface area contributed by atoms with Gasteiger partial charge in [-0.3, -0.25) is 14.8 Å². The molecule has 1 saturated carbocycles. The third-order valence-corrected chi connectivity index (χ3v) is 6.17. The van der Waals surface area contributed by atoms with Crippen molar-refractivity contribution in [1.82, 2.24) is 9.97 Å². The number of amides is 1. The monoisotopic (exact) mass is 467 g/mol. The molecule has 0 aliphatic heterocycles. The van der Waals surface area contributed by atoms with E-state index < -0.39 is 29.4 Å². The van der Waals surface area contributed by atoms with E-state index in [0.717, 1.165) is 25.2 Å². The smallest absolute Gasteiger partial charge is 0.281 e. The highest BCUT2D eigenvalue weighted by Crippen LogP contribution is 2.47. The number of anilines is 1. The summed E-state index contributed by atoms with van der Waals surface area (Å²) in [6.07, 6.45) is 1.92. The molecule has 2 aromatic rings. The zero-order valence-corrected chi connectivity index (χ0v) is 18.2. The average Bonchev–Trinajstić information content (AvgIpc) is 2.80. The van der Waals surface area contributed by atoms with E-state index in [-0.39, 0.29) is 29.0 Å². The molecule has 0 saturated heterocycles. The lowest BCUT2D eigenvalue weighted by atomic mass is 9.68. The van der Waals surface area contributed by atoms with Gasteiger partial charge in [0.2, 0.25) is 0 Å². The van der Waals surface area contributed by atoms with Crippen molar-refractivity contribution in [2.75, 3.05) is 18.2 Å². The number of nitrogens with one attached hydrogen (secondary N) is 1. The van der Waals surface area contributed by atoms with E-state index in [0.29, 0.717) is 18.6 Å². The van der Waals surface area contributed by atoms with Crippen LogP contribution in [0.3, 0.4) is 0 Å². The van der Waals surface area contributed by atoms with E-state index >= 15 is 4.39 Å². The van der Waals surface area contributed by atoms with E-state index in [1.807, 2.05) is 0 Å². The minimum Gasteiger partial charge on any atom is -0.390 e. The highest BCUT2D eigenvalue weighted by molar-refractivity contribution is 7.80. The van der Waals surface area contributed by atoms with Crippen LogP contribution >= 0.6 is 12.6 Å². The molecule has 1 aliphatic rings. The number of ether oxygens (including phenoxy) is 1. The number of benzene rings is 1. The van der Waals surface area contributed by atoms with E-state index in [2.05, 4.69) is 32.9 Å². The van der Waals surface area contributed by atoms with Gasteiger partial charge in [-0.05, 0) is 42.7 Å². The molecule has 32 heavy (non-hydrogen) atoms. The number of nitrogens with zero attached hydrogens (tertiary/aromatic N) is 3. The first-order valence-electron chi connectivity index (χ1n) is 9.95. The fourth-order valence-corrected chi connectivity index (χ4v) is 4.56. The van der Waals surface area contributed by atoms with Crippen LogP contribution in [0.25, 0.3) is 0 Å². The van der Waals surface area contributed by atoms with Crippen LogP contribution in [0.5, 0.6) is 0 Å². The lowest BCUT2D eigenvalue weighted by Crippen LogP contribution is -2.44. The number of methoxy groups -OCH3 is 1. The molecule has 1 aliphatic carbocycles. The van der Waals surface area contributed by atoms with Crippen LogP contribution in [0, 0.1) is 11.7 Å². The van der Waals surface area contributed by atoms with Gasteiger partial charge in [-0.25, -0.2) is 18.2 Å². The van der Waals surface area contributed by atoms with Gasteiger partial charge in [-0.1, -0.05) is 0 Å². The van der Waals surface area contributed by atoms with Crippen LogP contribution in [0.15, 0.2) is 35.6 Å². The second-order valence-corrected chi connectivity index (χ2v) is 7.86. The van der Waals surface area contributed by atoms with Crippen LogP contribution in [-0.2, 0) is 10.3 Å². The molecule has 1 aromatic carbocycles. The number of rotatable bonds is 7. The molecule has 7 nitrogen and oxygen atoms in total. The molecule has 1 heterocycles. The van der Waals surface area contributed by atoms with Crippen LogP contribution in [0.1, 0.15) is 47.4 Å². The van der Waals surface area contributed by atoms with Crippen molar-refractivity contribution >= 4 is 30.6 Å². The Labute approximate surface area is 189 Å². The molecule has 3 rings (SSSR count). The highest BCUT2D eigenvalue weighted by Gasteiger charge is 2.46. The van der Waals surface area contributed by atoms with Gasteiger partial charge in [0.25, 0.3) is 12.3 Å². The molecule has 3 N–H and O–H groups in total. The Hall–Kier alpha value is -2.66. The molecule has 1 amide bonds. The van der Waals surface area contributed by atoms with Crippen molar-refractivity contribution in [2.45, 2.75) is 37.3 Å². The summed E-state index contributed by atoms with van der Waals surface area (Å²) in [6.45, 7) is 0. The summed E-state index contributed by atoms with van der Waals surface area (Å²) in [6, 6.07) is 4.12. The second kappa shape index (κ2) is 10.3. The third-order valence-electron chi connectivity index (χ3n) is 5.73. The van der Waals surface area contributed by atoms with Crippen molar-refractivity contribution in [3.8, 4) is 0 Å². The number of carbonyl (C=O) groups excluding carboxylic acids is 1. The fourth-order valence-electron chi connectivity index (χ4n) is 4.07. The molecule has 172 valence electrons. The number of halogens is 3. The summed E-state index contributed by atoms with van der Waals surface area (Å²) < 4.78 is 45.9. The van der Waals surface area contributed by atoms with Crippen LogP contribution in [0.4, 0.5) is 18.9 Å². The number of hydrogen-bond donors (Lipinski definition) is 3. The van der Waals surface area contributed by atoms with Crippen LogP contribution in [-0.4, -0.2) is 41.2 Å². The average molecular weight is 468 g/mol. The minimum atomic E-state index is -2.79. The maximum atomic E-state index is 15.1. The molecule has 3 atom stereocenters.